The van der Waals surface area contributed by atoms with Gasteiger partial charge in [-0.25, -0.2) is 0 Å². The Morgan fingerprint density at radius 3 is 2.87 bits per heavy atom. The summed E-state index contributed by atoms with van der Waals surface area (Å²) in [6.45, 7) is 6.41. The minimum absolute atomic E-state index is 0.185. The Bertz CT molecular complexity index is 456. The number of nitrogens with zero attached hydrogens (tertiary/aromatic N) is 2. The molecule has 0 bridgehead atoms. The van der Waals surface area contributed by atoms with E-state index >= 15 is 0 Å². The molecule has 0 aliphatic carbocycles. The summed E-state index contributed by atoms with van der Waals surface area (Å²) < 4.78 is 2.34. The van der Waals surface area contributed by atoms with E-state index < -0.39 is 0 Å². The maximum absolute atomic E-state index is 11.8. The molecule has 2 aliphatic heterocycles. The van der Waals surface area contributed by atoms with Gasteiger partial charge in [-0.1, -0.05) is 13.8 Å². The summed E-state index contributed by atoms with van der Waals surface area (Å²) >= 11 is 0. The normalized spacial score (nSPS) is 22.1. The van der Waals surface area contributed by atoms with Crippen molar-refractivity contribution in [2.24, 2.45) is 5.41 Å². The largest absolute Gasteiger partial charge is 0.346 e. The average molecular weight is 204 g/mol. The smallest absolute Gasteiger partial charge is 0.255 e. The van der Waals surface area contributed by atoms with Crippen molar-refractivity contribution in [1.29, 1.82) is 0 Å². The van der Waals surface area contributed by atoms with Gasteiger partial charge in [-0.3, -0.25) is 4.79 Å². The summed E-state index contributed by atoms with van der Waals surface area (Å²) in [5, 5.41) is 0. The fraction of sp³-hybridized carbons (Fsp3) is 0.583. The van der Waals surface area contributed by atoms with Crippen LogP contribution < -0.4 is 0 Å². The number of fused-ring (bicyclic) bond motifs is 3. The van der Waals surface area contributed by atoms with Crippen LogP contribution in [0.1, 0.15) is 35.6 Å². The van der Waals surface area contributed by atoms with Crippen LogP contribution in [0.25, 0.3) is 0 Å². The van der Waals surface area contributed by atoms with Gasteiger partial charge in [0.05, 0.1) is 17.8 Å². The number of rotatable bonds is 0. The predicted octanol–water partition coefficient (Wildman–Crippen LogP) is 1.66. The molecule has 3 rings (SSSR count). The van der Waals surface area contributed by atoms with Gasteiger partial charge in [0, 0.05) is 19.3 Å². The monoisotopic (exact) mass is 204 g/mol. The van der Waals surface area contributed by atoms with Crippen LogP contribution in [0.4, 0.5) is 0 Å². The van der Waals surface area contributed by atoms with Crippen LogP contribution >= 0.6 is 0 Å². The molecule has 15 heavy (non-hydrogen) atoms. The lowest BCUT2D eigenvalue weighted by atomic mass is 9.91. The molecular formula is C12H16N2O. The van der Waals surface area contributed by atoms with Crippen molar-refractivity contribution in [2.75, 3.05) is 7.05 Å². The maximum atomic E-state index is 11.8. The summed E-state index contributed by atoms with van der Waals surface area (Å²) in [6, 6.07) is 2.09. The molecule has 0 saturated carbocycles. The molecule has 3 heteroatoms. The Kier molecular flexibility index (Phi) is 1.48. The second-order valence-electron chi connectivity index (χ2n) is 5.58. The van der Waals surface area contributed by atoms with Gasteiger partial charge < -0.3 is 9.47 Å². The number of aromatic nitrogens is 1. The zero-order valence-electron chi connectivity index (χ0n) is 9.50. The average Bonchev–Trinajstić information content (AvgIpc) is 2.66. The second-order valence-corrected chi connectivity index (χ2v) is 5.58. The lowest BCUT2D eigenvalue weighted by Crippen LogP contribution is -2.18. The van der Waals surface area contributed by atoms with E-state index in [4.69, 9.17) is 0 Å². The van der Waals surface area contributed by atoms with E-state index in [1.807, 2.05) is 7.05 Å². The van der Waals surface area contributed by atoms with E-state index in [9.17, 15) is 4.79 Å². The molecule has 0 atom stereocenters. The molecule has 3 heterocycles. The van der Waals surface area contributed by atoms with E-state index in [1.54, 1.807) is 4.90 Å². The molecule has 1 aromatic heterocycles. The Balaban J connectivity index is 2.09. The lowest BCUT2D eigenvalue weighted by molar-refractivity contribution is 0.0815. The molecule has 1 aromatic rings. The van der Waals surface area contributed by atoms with Crippen molar-refractivity contribution < 1.29 is 4.79 Å². The van der Waals surface area contributed by atoms with Gasteiger partial charge in [0.25, 0.3) is 5.91 Å². The fourth-order valence-corrected chi connectivity index (χ4v) is 2.82. The molecule has 3 nitrogen and oxygen atoms in total. The molecule has 0 unspecified atom stereocenters. The Hall–Kier alpha value is -1.25. The van der Waals surface area contributed by atoms with Crippen LogP contribution in [0.3, 0.4) is 0 Å². The van der Waals surface area contributed by atoms with Gasteiger partial charge in [0.1, 0.15) is 0 Å². The van der Waals surface area contributed by atoms with Crippen LogP contribution in [0.2, 0.25) is 0 Å². The van der Waals surface area contributed by atoms with Crippen LogP contribution in [0.15, 0.2) is 6.07 Å². The van der Waals surface area contributed by atoms with Crippen molar-refractivity contribution in [3.63, 3.8) is 0 Å². The molecule has 0 saturated heterocycles. The highest BCUT2D eigenvalue weighted by atomic mass is 16.2. The van der Waals surface area contributed by atoms with Crippen molar-refractivity contribution in [1.82, 2.24) is 9.47 Å². The Morgan fingerprint density at radius 2 is 2.13 bits per heavy atom. The fourth-order valence-electron chi connectivity index (χ4n) is 2.82. The highest BCUT2D eigenvalue weighted by Crippen LogP contribution is 2.37. The van der Waals surface area contributed by atoms with Crippen molar-refractivity contribution in [2.45, 2.75) is 33.4 Å². The quantitative estimate of drug-likeness (QED) is 0.631. The second kappa shape index (κ2) is 2.46. The van der Waals surface area contributed by atoms with Gasteiger partial charge in [-0.15, -0.1) is 0 Å². The van der Waals surface area contributed by atoms with E-state index in [1.165, 1.54) is 11.4 Å². The first-order valence-electron chi connectivity index (χ1n) is 5.45. The standard InChI is InChI=1S/C12H16N2O/c1-12(2)5-8-4-9-10(14(8)7-12)6-13(3)11(9)15/h4H,5-7H2,1-3H3. The molecule has 0 aromatic carbocycles. The third-order valence-corrected chi connectivity index (χ3v) is 3.50. The topological polar surface area (TPSA) is 25.2 Å². The number of carbonyl (C=O) groups excluding carboxylic acids is 1. The molecular weight excluding hydrogens is 188 g/mol. The number of amides is 1. The van der Waals surface area contributed by atoms with Crippen LogP contribution in [0.5, 0.6) is 0 Å². The summed E-state index contributed by atoms with van der Waals surface area (Å²) in [7, 11) is 1.87. The van der Waals surface area contributed by atoms with Gasteiger partial charge in [-0.2, -0.15) is 0 Å². The van der Waals surface area contributed by atoms with E-state index in [2.05, 4.69) is 24.5 Å². The zero-order valence-corrected chi connectivity index (χ0v) is 9.50. The van der Waals surface area contributed by atoms with Crippen LogP contribution in [-0.4, -0.2) is 22.4 Å². The summed E-state index contributed by atoms with van der Waals surface area (Å²) in [5.74, 6) is 0.185. The molecule has 1 amide bonds. The summed E-state index contributed by atoms with van der Waals surface area (Å²) in [5.41, 5.74) is 3.85. The molecule has 80 valence electrons. The van der Waals surface area contributed by atoms with E-state index in [0.29, 0.717) is 5.41 Å². The zero-order chi connectivity index (χ0) is 10.8. The van der Waals surface area contributed by atoms with Gasteiger partial charge in [0.15, 0.2) is 0 Å². The van der Waals surface area contributed by atoms with Gasteiger partial charge in [0.2, 0.25) is 0 Å². The molecule has 0 spiro atoms. The maximum Gasteiger partial charge on any atom is 0.255 e. The minimum atomic E-state index is 0.185. The van der Waals surface area contributed by atoms with E-state index in [0.717, 1.165) is 25.1 Å². The summed E-state index contributed by atoms with van der Waals surface area (Å²) in [6.07, 6.45) is 1.09. The first-order chi connectivity index (χ1) is 6.98. The first-order valence-corrected chi connectivity index (χ1v) is 5.45. The third kappa shape index (κ3) is 1.09. The van der Waals surface area contributed by atoms with Crippen LogP contribution in [0, 0.1) is 5.41 Å². The first kappa shape index (κ1) is 9.01. The molecule has 0 radical (unpaired) electrons. The lowest BCUT2D eigenvalue weighted by Gasteiger charge is -2.16. The number of hydrogen-bond acceptors (Lipinski definition) is 1. The van der Waals surface area contributed by atoms with Crippen molar-refractivity contribution >= 4 is 5.91 Å². The van der Waals surface area contributed by atoms with Crippen LogP contribution in [-0.2, 0) is 19.5 Å². The molecule has 2 aliphatic rings. The number of hydrogen-bond donors (Lipinski definition) is 0. The highest BCUT2D eigenvalue weighted by Gasteiger charge is 2.36. The SMILES string of the molecule is CN1Cc2c(cc3n2CC(C)(C)C3)C1=O. The van der Waals surface area contributed by atoms with E-state index in [-0.39, 0.29) is 5.91 Å². The third-order valence-electron chi connectivity index (χ3n) is 3.50. The van der Waals surface area contributed by atoms with Crippen molar-refractivity contribution in [3.05, 3.63) is 23.0 Å². The number of carbonyl (C=O) groups is 1. The van der Waals surface area contributed by atoms with Gasteiger partial charge in [-0.05, 0) is 17.9 Å². The predicted molar refractivity (Wildman–Crippen MR) is 57.7 cm³/mol. The van der Waals surface area contributed by atoms with Gasteiger partial charge >= 0.3 is 0 Å². The molecule has 0 N–H and O–H groups in total. The summed E-state index contributed by atoms with van der Waals surface area (Å²) in [4.78, 5) is 13.6. The minimum Gasteiger partial charge on any atom is -0.346 e. The Labute approximate surface area is 89.7 Å². The van der Waals surface area contributed by atoms with Crippen molar-refractivity contribution in [3.8, 4) is 0 Å². The molecule has 0 fully saturated rings. The Morgan fingerprint density at radius 1 is 1.40 bits per heavy atom. The highest BCUT2D eigenvalue weighted by molar-refractivity contribution is 5.98.